The number of carbonyl (C=O) groups excluding carboxylic acids is 1. The maximum absolute atomic E-state index is 12.4. The first-order valence-corrected chi connectivity index (χ1v) is 8.38. The Hall–Kier alpha value is -3.90. The average Bonchev–Trinajstić information content (AvgIpc) is 2.74. The van der Waals surface area contributed by atoms with Gasteiger partial charge in [-0.2, -0.15) is 5.26 Å². The standard InChI is InChI=1S/C22H20N2O4/c1-4-11-28-19-8-5-16(6-9-19)12-18(14-23)22(25)24-15-17-7-10-20(26-2)13-21(17)27-3/h1,5-10,12-13H,11,15H2,2-3H3,(H,24,25)/b18-12+. The highest BCUT2D eigenvalue weighted by Crippen LogP contribution is 2.24. The Balaban J connectivity index is 2.06. The molecule has 0 aromatic heterocycles. The van der Waals surface area contributed by atoms with Crippen LogP contribution in [0.2, 0.25) is 0 Å². The predicted octanol–water partition coefficient (Wildman–Crippen LogP) is 2.94. The Morgan fingerprint density at radius 2 is 1.86 bits per heavy atom. The number of hydrogen-bond donors (Lipinski definition) is 1. The summed E-state index contributed by atoms with van der Waals surface area (Å²) in [5, 5.41) is 12.1. The first kappa shape index (κ1) is 20.4. The van der Waals surface area contributed by atoms with Gasteiger partial charge in [-0.1, -0.05) is 18.1 Å². The summed E-state index contributed by atoms with van der Waals surface area (Å²) in [4.78, 5) is 12.4. The van der Waals surface area contributed by atoms with Crippen LogP contribution in [0.4, 0.5) is 0 Å². The largest absolute Gasteiger partial charge is 0.497 e. The fourth-order valence-electron chi connectivity index (χ4n) is 2.37. The van der Waals surface area contributed by atoms with E-state index in [4.69, 9.17) is 20.6 Å². The molecule has 0 saturated carbocycles. The van der Waals surface area contributed by atoms with Crippen molar-refractivity contribution in [3.05, 3.63) is 59.2 Å². The molecular weight excluding hydrogens is 356 g/mol. The molecule has 2 aromatic rings. The minimum absolute atomic E-state index is 0.00947. The van der Waals surface area contributed by atoms with Crippen molar-refractivity contribution in [1.29, 1.82) is 5.26 Å². The summed E-state index contributed by atoms with van der Waals surface area (Å²) >= 11 is 0. The zero-order valence-electron chi connectivity index (χ0n) is 15.7. The Morgan fingerprint density at radius 1 is 1.14 bits per heavy atom. The molecule has 0 fully saturated rings. The summed E-state index contributed by atoms with van der Waals surface area (Å²) < 4.78 is 15.8. The minimum Gasteiger partial charge on any atom is -0.497 e. The fraction of sp³-hybridized carbons (Fsp3) is 0.182. The summed E-state index contributed by atoms with van der Waals surface area (Å²) in [5.74, 6) is 3.76. The van der Waals surface area contributed by atoms with Crippen LogP contribution in [0, 0.1) is 23.7 Å². The summed E-state index contributed by atoms with van der Waals surface area (Å²) in [7, 11) is 3.10. The molecule has 0 aliphatic rings. The summed E-state index contributed by atoms with van der Waals surface area (Å²) in [6.45, 7) is 0.389. The van der Waals surface area contributed by atoms with Crippen LogP contribution in [-0.4, -0.2) is 26.7 Å². The summed E-state index contributed by atoms with van der Waals surface area (Å²) in [6, 6.07) is 14.1. The normalized spacial score (nSPS) is 10.4. The lowest BCUT2D eigenvalue weighted by Crippen LogP contribution is -2.24. The molecule has 2 aromatic carbocycles. The van der Waals surface area contributed by atoms with Crippen LogP contribution >= 0.6 is 0 Å². The molecule has 0 heterocycles. The number of ether oxygens (including phenoxy) is 3. The third-order valence-electron chi connectivity index (χ3n) is 3.81. The van der Waals surface area contributed by atoms with Gasteiger partial charge in [0.05, 0.1) is 14.2 Å². The summed E-state index contributed by atoms with van der Waals surface area (Å²) in [6.07, 6.45) is 6.65. The van der Waals surface area contributed by atoms with Crippen molar-refractivity contribution in [3.63, 3.8) is 0 Å². The molecule has 1 amide bonds. The van der Waals surface area contributed by atoms with Gasteiger partial charge in [0.25, 0.3) is 5.91 Å². The van der Waals surface area contributed by atoms with Gasteiger partial charge in [-0.05, 0) is 35.9 Å². The van der Waals surface area contributed by atoms with Crippen LogP contribution in [0.15, 0.2) is 48.0 Å². The number of nitrogens with zero attached hydrogens (tertiary/aromatic N) is 1. The molecule has 0 aliphatic heterocycles. The number of hydrogen-bond acceptors (Lipinski definition) is 5. The number of nitriles is 1. The highest BCUT2D eigenvalue weighted by molar-refractivity contribution is 6.01. The molecule has 6 heteroatoms. The van der Waals surface area contributed by atoms with Gasteiger partial charge < -0.3 is 19.5 Å². The fourth-order valence-corrected chi connectivity index (χ4v) is 2.37. The Bertz CT molecular complexity index is 934. The molecule has 142 valence electrons. The van der Waals surface area contributed by atoms with Gasteiger partial charge in [0.1, 0.15) is 35.5 Å². The average molecular weight is 376 g/mol. The first-order chi connectivity index (χ1) is 13.6. The number of methoxy groups -OCH3 is 2. The monoisotopic (exact) mass is 376 g/mol. The van der Waals surface area contributed by atoms with E-state index in [1.807, 2.05) is 6.07 Å². The maximum atomic E-state index is 12.4. The number of rotatable bonds is 8. The topological polar surface area (TPSA) is 80.6 Å². The van der Waals surface area contributed by atoms with Crippen LogP contribution in [-0.2, 0) is 11.3 Å². The van der Waals surface area contributed by atoms with E-state index in [0.29, 0.717) is 22.8 Å². The Morgan fingerprint density at radius 3 is 2.46 bits per heavy atom. The zero-order chi connectivity index (χ0) is 20.4. The van der Waals surface area contributed by atoms with Crippen molar-refractivity contribution in [2.24, 2.45) is 0 Å². The van der Waals surface area contributed by atoms with Crippen molar-refractivity contribution in [2.45, 2.75) is 6.54 Å². The van der Waals surface area contributed by atoms with E-state index in [2.05, 4.69) is 11.2 Å². The third-order valence-corrected chi connectivity index (χ3v) is 3.81. The lowest BCUT2D eigenvalue weighted by atomic mass is 10.1. The van der Waals surface area contributed by atoms with Gasteiger partial charge >= 0.3 is 0 Å². The highest BCUT2D eigenvalue weighted by atomic mass is 16.5. The molecule has 28 heavy (non-hydrogen) atoms. The molecule has 0 aliphatic carbocycles. The van der Waals surface area contributed by atoms with E-state index in [9.17, 15) is 10.1 Å². The van der Waals surface area contributed by atoms with Crippen molar-refractivity contribution in [3.8, 4) is 35.7 Å². The van der Waals surface area contributed by atoms with E-state index >= 15 is 0 Å². The quantitative estimate of drug-likeness (QED) is 0.435. The van der Waals surface area contributed by atoms with E-state index in [-0.39, 0.29) is 18.7 Å². The minimum atomic E-state index is -0.479. The van der Waals surface area contributed by atoms with Crippen LogP contribution in [0.3, 0.4) is 0 Å². The second-order valence-corrected chi connectivity index (χ2v) is 5.59. The van der Waals surface area contributed by atoms with Crippen molar-refractivity contribution in [1.82, 2.24) is 5.32 Å². The molecular formula is C22H20N2O4. The van der Waals surface area contributed by atoms with Crippen LogP contribution in [0.25, 0.3) is 6.08 Å². The second kappa shape index (κ2) is 10.3. The SMILES string of the molecule is C#CCOc1ccc(/C=C(\C#N)C(=O)NCc2ccc(OC)cc2OC)cc1. The van der Waals surface area contributed by atoms with Crippen molar-refractivity contribution >= 4 is 12.0 Å². The van der Waals surface area contributed by atoms with Crippen LogP contribution < -0.4 is 19.5 Å². The molecule has 6 nitrogen and oxygen atoms in total. The van der Waals surface area contributed by atoms with Crippen molar-refractivity contribution in [2.75, 3.05) is 20.8 Å². The second-order valence-electron chi connectivity index (χ2n) is 5.59. The smallest absolute Gasteiger partial charge is 0.262 e. The van der Waals surface area contributed by atoms with Gasteiger partial charge in [-0.3, -0.25) is 4.79 Å². The molecule has 0 saturated heterocycles. The Kier molecular flexibility index (Phi) is 7.51. The molecule has 2 rings (SSSR count). The summed E-state index contributed by atoms with van der Waals surface area (Å²) in [5.41, 5.74) is 1.45. The number of nitrogens with one attached hydrogen (secondary N) is 1. The number of terminal acetylenes is 1. The first-order valence-electron chi connectivity index (χ1n) is 8.38. The lowest BCUT2D eigenvalue weighted by molar-refractivity contribution is -0.117. The van der Waals surface area contributed by atoms with Gasteiger partial charge in [-0.15, -0.1) is 6.42 Å². The lowest BCUT2D eigenvalue weighted by Gasteiger charge is -2.11. The maximum Gasteiger partial charge on any atom is 0.262 e. The molecule has 0 unspecified atom stereocenters. The third kappa shape index (κ3) is 5.55. The number of benzene rings is 2. The van der Waals surface area contributed by atoms with E-state index in [0.717, 1.165) is 5.56 Å². The van der Waals surface area contributed by atoms with Gasteiger partial charge in [0, 0.05) is 18.2 Å². The molecule has 1 N–H and O–H groups in total. The van der Waals surface area contributed by atoms with Gasteiger partial charge in [0.15, 0.2) is 0 Å². The number of carbonyl (C=O) groups is 1. The van der Waals surface area contributed by atoms with E-state index < -0.39 is 5.91 Å². The van der Waals surface area contributed by atoms with Crippen LogP contribution in [0.5, 0.6) is 17.2 Å². The number of amides is 1. The van der Waals surface area contributed by atoms with Crippen LogP contribution in [0.1, 0.15) is 11.1 Å². The van der Waals surface area contributed by atoms with E-state index in [1.165, 1.54) is 13.2 Å². The van der Waals surface area contributed by atoms with Gasteiger partial charge in [0.2, 0.25) is 0 Å². The molecule has 0 bridgehead atoms. The Labute approximate surface area is 164 Å². The molecule has 0 radical (unpaired) electrons. The predicted molar refractivity (Wildman–Crippen MR) is 106 cm³/mol. The highest BCUT2D eigenvalue weighted by Gasteiger charge is 2.11. The van der Waals surface area contributed by atoms with Gasteiger partial charge in [-0.25, -0.2) is 0 Å². The molecule has 0 atom stereocenters. The zero-order valence-corrected chi connectivity index (χ0v) is 15.7. The molecule has 0 spiro atoms. The van der Waals surface area contributed by atoms with Crippen molar-refractivity contribution < 1.29 is 19.0 Å². The van der Waals surface area contributed by atoms with E-state index in [1.54, 1.807) is 49.6 Å².